The van der Waals surface area contributed by atoms with E-state index in [-0.39, 0.29) is 6.04 Å². The first-order valence-electron chi connectivity index (χ1n) is 6.34. The van der Waals surface area contributed by atoms with Crippen LogP contribution in [0.3, 0.4) is 0 Å². The molecule has 2 aromatic rings. The Hall–Kier alpha value is -1.68. The number of nitrogens with zero attached hydrogens (tertiary/aromatic N) is 3. The van der Waals surface area contributed by atoms with Gasteiger partial charge in [-0.3, -0.25) is 4.98 Å². The van der Waals surface area contributed by atoms with E-state index in [1.54, 1.807) is 0 Å². The van der Waals surface area contributed by atoms with Crippen LogP contribution in [0.15, 0.2) is 30.9 Å². The number of rotatable bonds is 5. The first-order chi connectivity index (χ1) is 8.70. The van der Waals surface area contributed by atoms with Crippen LogP contribution in [0.2, 0.25) is 0 Å². The Labute approximate surface area is 108 Å². The van der Waals surface area contributed by atoms with Crippen LogP contribution in [0, 0.1) is 6.92 Å². The van der Waals surface area contributed by atoms with Crippen molar-refractivity contribution >= 4 is 0 Å². The third-order valence-electron chi connectivity index (χ3n) is 2.89. The molecule has 1 atom stereocenters. The van der Waals surface area contributed by atoms with E-state index in [2.05, 4.69) is 28.3 Å². The maximum atomic E-state index is 4.44. The second-order valence-corrected chi connectivity index (χ2v) is 4.58. The average Bonchev–Trinajstić information content (AvgIpc) is 2.78. The minimum atomic E-state index is 0.124. The van der Waals surface area contributed by atoms with Crippen molar-refractivity contribution in [2.24, 2.45) is 7.05 Å². The molecule has 0 spiro atoms. The number of hydrogen-bond acceptors (Lipinski definition) is 3. The van der Waals surface area contributed by atoms with Gasteiger partial charge in [0.15, 0.2) is 0 Å². The smallest absolute Gasteiger partial charge is 0.0947 e. The molecular weight excluding hydrogens is 224 g/mol. The van der Waals surface area contributed by atoms with E-state index in [0.717, 1.165) is 29.9 Å². The van der Waals surface area contributed by atoms with Crippen molar-refractivity contribution in [3.05, 3.63) is 47.8 Å². The van der Waals surface area contributed by atoms with Gasteiger partial charge in [-0.15, -0.1) is 0 Å². The zero-order valence-corrected chi connectivity index (χ0v) is 11.2. The van der Waals surface area contributed by atoms with Gasteiger partial charge in [0.05, 0.1) is 18.1 Å². The molecule has 2 heterocycles. The number of aryl methyl sites for hydroxylation is 2. The van der Waals surface area contributed by atoms with E-state index < -0.39 is 0 Å². The predicted molar refractivity (Wildman–Crippen MR) is 72.3 cm³/mol. The standard InChI is InChI=1S/C14H20N4/c1-4-7-15-14(13-9-18(3)10-17-13)12-6-5-11(2)16-8-12/h5-6,8-10,14-15H,4,7H2,1-3H3. The molecule has 4 heteroatoms. The van der Waals surface area contributed by atoms with Crippen LogP contribution in [0.5, 0.6) is 0 Å². The molecule has 0 amide bonds. The number of hydrogen-bond donors (Lipinski definition) is 1. The highest BCUT2D eigenvalue weighted by atomic mass is 15.0. The molecule has 0 saturated carbocycles. The van der Waals surface area contributed by atoms with Gasteiger partial charge in [-0.2, -0.15) is 0 Å². The van der Waals surface area contributed by atoms with Crippen LogP contribution in [0.25, 0.3) is 0 Å². The molecule has 0 aliphatic heterocycles. The Kier molecular flexibility index (Phi) is 4.10. The summed E-state index contributed by atoms with van der Waals surface area (Å²) in [6, 6.07) is 4.28. The van der Waals surface area contributed by atoms with Crippen molar-refractivity contribution < 1.29 is 0 Å². The Morgan fingerprint density at radius 3 is 2.72 bits per heavy atom. The zero-order valence-electron chi connectivity index (χ0n) is 11.2. The van der Waals surface area contributed by atoms with E-state index in [0.29, 0.717) is 0 Å². The summed E-state index contributed by atoms with van der Waals surface area (Å²) in [6.07, 6.45) is 6.91. The average molecular weight is 244 g/mol. The molecule has 0 aromatic carbocycles. The highest BCUT2D eigenvalue weighted by Crippen LogP contribution is 2.19. The van der Waals surface area contributed by atoms with Gasteiger partial charge in [-0.05, 0) is 31.5 Å². The van der Waals surface area contributed by atoms with E-state index in [4.69, 9.17) is 0 Å². The summed E-state index contributed by atoms with van der Waals surface area (Å²) in [5, 5.41) is 3.52. The second kappa shape index (κ2) is 5.78. The van der Waals surface area contributed by atoms with Gasteiger partial charge in [0.1, 0.15) is 0 Å². The Morgan fingerprint density at radius 2 is 2.17 bits per heavy atom. The number of pyridine rings is 1. The molecule has 0 radical (unpaired) electrons. The molecule has 18 heavy (non-hydrogen) atoms. The Morgan fingerprint density at radius 1 is 1.33 bits per heavy atom. The zero-order chi connectivity index (χ0) is 13.0. The van der Waals surface area contributed by atoms with Crippen molar-refractivity contribution in [2.75, 3.05) is 6.54 Å². The van der Waals surface area contributed by atoms with Gasteiger partial charge < -0.3 is 9.88 Å². The first kappa shape index (κ1) is 12.8. The van der Waals surface area contributed by atoms with Gasteiger partial charge in [0.2, 0.25) is 0 Å². The van der Waals surface area contributed by atoms with Crippen molar-refractivity contribution in [2.45, 2.75) is 26.3 Å². The minimum Gasteiger partial charge on any atom is -0.340 e. The van der Waals surface area contributed by atoms with Crippen LogP contribution in [0.4, 0.5) is 0 Å². The summed E-state index contributed by atoms with van der Waals surface area (Å²) in [5.74, 6) is 0. The van der Waals surface area contributed by atoms with Crippen LogP contribution < -0.4 is 5.32 Å². The lowest BCUT2D eigenvalue weighted by Crippen LogP contribution is -2.23. The summed E-state index contributed by atoms with van der Waals surface area (Å²) >= 11 is 0. The Bertz CT molecular complexity index is 487. The fourth-order valence-corrected chi connectivity index (χ4v) is 1.91. The summed E-state index contributed by atoms with van der Waals surface area (Å²) in [6.45, 7) is 5.13. The summed E-state index contributed by atoms with van der Waals surface area (Å²) < 4.78 is 1.97. The maximum absolute atomic E-state index is 4.44. The molecule has 0 aliphatic carbocycles. The molecule has 0 aliphatic rings. The predicted octanol–water partition coefficient (Wildman–Crippen LogP) is 2.21. The topological polar surface area (TPSA) is 42.7 Å². The largest absolute Gasteiger partial charge is 0.340 e. The van der Waals surface area contributed by atoms with Crippen LogP contribution in [-0.2, 0) is 7.05 Å². The highest BCUT2D eigenvalue weighted by Gasteiger charge is 2.15. The molecule has 1 N–H and O–H groups in total. The summed E-state index contributed by atoms with van der Waals surface area (Å²) in [7, 11) is 1.99. The van der Waals surface area contributed by atoms with Crippen LogP contribution in [-0.4, -0.2) is 21.1 Å². The van der Waals surface area contributed by atoms with Crippen molar-refractivity contribution in [1.82, 2.24) is 19.9 Å². The van der Waals surface area contributed by atoms with E-state index >= 15 is 0 Å². The van der Waals surface area contributed by atoms with Gasteiger partial charge in [0.25, 0.3) is 0 Å². The van der Waals surface area contributed by atoms with Gasteiger partial charge in [-0.1, -0.05) is 13.0 Å². The monoisotopic (exact) mass is 244 g/mol. The lowest BCUT2D eigenvalue weighted by Gasteiger charge is -2.16. The first-order valence-corrected chi connectivity index (χ1v) is 6.34. The third-order valence-corrected chi connectivity index (χ3v) is 2.89. The van der Waals surface area contributed by atoms with Gasteiger partial charge in [-0.25, -0.2) is 4.98 Å². The van der Waals surface area contributed by atoms with Crippen molar-refractivity contribution in [3.8, 4) is 0 Å². The third kappa shape index (κ3) is 2.96. The van der Waals surface area contributed by atoms with Crippen molar-refractivity contribution in [3.63, 3.8) is 0 Å². The Balaban J connectivity index is 2.27. The molecule has 0 saturated heterocycles. The lowest BCUT2D eigenvalue weighted by molar-refractivity contribution is 0.586. The van der Waals surface area contributed by atoms with E-state index in [1.807, 2.05) is 43.3 Å². The van der Waals surface area contributed by atoms with Crippen molar-refractivity contribution in [1.29, 1.82) is 0 Å². The van der Waals surface area contributed by atoms with E-state index in [1.165, 1.54) is 0 Å². The normalized spacial score (nSPS) is 12.6. The lowest BCUT2D eigenvalue weighted by atomic mass is 10.1. The highest BCUT2D eigenvalue weighted by molar-refractivity contribution is 5.25. The maximum Gasteiger partial charge on any atom is 0.0947 e. The minimum absolute atomic E-state index is 0.124. The number of nitrogens with one attached hydrogen (secondary N) is 1. The number of aromatic nitrogens is 3. The fourth-order valence-electron chi connectivity index (χ4n) is 1.91. The SMILES string of the molecule is CCCNC(c1ccc(C)nc1)c1cn(C)cn1. The number of imidazole rings is 1. The quantitative estimate of drug-likeness (QED) is 0.877. The molecule has 2 aromatic heterocycles. The van der Waals surface area contributed by atoms with E-state index in [9.17, 15) is 0 Å². The van der Waals surface area contributed by atoms with Gasteiger partial charge >= 0.3 is 0 Å². The molecule has 96 valence electrons. The second-order valence-electron chi connectivity index (χ2n) is 4.58. The fraction of sp³-hybridized carbons (Fsp3) is 0.429. The summed E-state index contributed by atoms with van der Waals surface area (Å²) in [4.78, 5) is 8.81. The van der Waals surface area contributed by atoms with Crippen LogP contribution >= 0.6 is 0 Å². The molecule has 0 fully saturated rings. The summed E-state index contributed by atoms with van der Waals surface area (Å²) in [5.41, 5.74) is 3.23. The molecule has 4 nitrogen and oxygen atoms in total. The molecule has 0 bridgehead atoms. The molecular formula is C14H20N4. The van der Waals surface area contributed by atoms with Gasteiger partial charge in [0, 0.05) is 25.1 Å². The molecule has 1 unspecified atom stereocenters. The van der Waals surface area contributed by atoms with Crippen LogP contribution in [0.1, 0.15) is 36.3 Å². The molecule has 2 rings (SSSR count).